The van der Waals surface area contributed by atoms with Gasteiger partial charge in [-0.3, -0.25) is 0 Å². The van der Waals surface area contributed by atoms with E-state index in [-0.39, 0.29) is 12.8 Å². The minimum atomic E-state index is -0.376. The molecule has 0 aliphatic carbocycles. The van der Waals surface area contributed by atoms with Crippen LogP contribution in [0.2, 0.25) is 0 Å². The molecular weight excluding hydrogens is 169 g/mol. The second-order valence-electron chi connectivity index (χ2n) is 4.47. The minimum Gasteiger partial charge on any atom is -0.370 e. The summed E-state index contributed by atoms with van der Waals surface area (Å²) in [5.74, 6) is 0. The molecule has 0 heterocycles. The number of alkyl halides is 1. The predicted octanol–water partition coefficient (Wildman–Crippen LogP) is 1.85. The minimum absolute atomic E-state index is 0.230. The third-order valence-electron chi connectivity index (χ3n) is 1.77. The monoisotopic (exact) mass is 192 g/mol. The van der Waals surface area contributed by atoms with E-state index in [2.05, 4.69) is 6.92 Å². The average Bonchev–Trinajstić information content (AvgIpc) is 2.01. The van der Waals surface area contributed by atoms with Crippen LogP contribution in [0.3, 0.4) is 0 Å². The van der Waals surface area contributed by atoms with E-state index in [0.29, 0.717) is 6.61 Å². The summed E-state index contributed by atoms with van der Waals surface area (Å²) in [6.45, 7) is 3.15. The molecule has 80 valence electrons. The van der Waals surface area contributed by atoms with Crippen molar-refractivity contribution in [3.05, 3.63) is 0 Å². The Balaban J connectivity index is 3.63. The molecule has 0 aromatic carbocycles. The zero-order valence-electron chi connectivity index (χ0n) is 9.35. The van der Waals surface area contributed by atoms with E-state index in [4.69, 9.17) is 4.74 Å². The first-order valence-electron chi connectivity index (χ1n) is 4.97. The highest BCUT2D eigenvalue weighted by Crippen LogP contribution is 2.02. The highest BCUT2D eigenvalue weighted by atomic mass is 19.1. The van der Waals surface area contributed by atoms with Crippen LogP contribution in [0.1, 0.15) is 19.8 Å². The first-order valence-corrected chi connectivity index (χ1v) is 4.97. The van der Waals surface area contributed by atoms with Gasteiger partial charge in [-0.25, -0.2) is 4.39 Å². The lowest BCUT2D eigenvalue weighted by atomic mass is 10.3. The second-order valence-corrected chi connectivity index (χ2v) is 4.47. The summed E-state index contributed by atoms with van der Waals surface area (Å²) in [6, 6.07) is 0. The van der Waals surface area contributed by atoms with Crippen LogP contribution in [-0.2, 0) is 4.74 Å². The van der Waals surface area contributed by atoms with Crippen molar-refractivity contribution >= 4 is 0 Å². The second kappa shape index (κ2) is 6.33. The summed E-state index contributed by atoms with van der Waals surface area (Å²) < 4.78 is 18.6. The summed E-state index contributed by atoms with van der Waals surface area (Å²) in [5.41, 5.74) is 0. The molecule has 0 aromatic rings. The number of rotatable bonds is 7. The van der Waals surface area contributed by atoms with Gasteiger partial charge in [0.2, 0.25) is 0 Å². The van der Waals surface area contributed by atoms with E-state index in [0.717, 1.165) is 23.9 Å². The molecule has 2 nitrogen and oxygen atoms in total. The molecule has 0 amide bonds. The van der Waals surface area contributed by atoms with Crippen molar-refractivity contribution in [2.24, 2.45) is 0 Å². The first-order chi connectivity index (χ1) is 5.99. The maximum atomic E-state index is 12.5. The number of hydrogen-bond donors (Lipinski definition) is 0. The Labute approximate surface area is 81.3 Å². The quantitative estimate of drug-likeness (QED) is 0.442. The van der Waals surface area contributed by atoms with Gasteiger partial charge in [-0.1, -0.05) is 13.3 Å². The van der Waals surface area contributed by atoms with Gasteiger partial charge in [0.05, 0.1) is 21.1 Å². The van der Waals surface area contributed by atoms with Crippen molar-refractivity contribution in [3.63, 3.8) is 0 Å². The van der Waals surface area contributed by atoms with Crippen molar-refractivity contribution in [1.29, 1.82) is 0 Å². The number of halogens is 1. The maximum absolute atomic E-state index is 12.5. The fourth-order valence-corrected chi connectivity index (χ4v) is 1.15. The molecule has 0 spiro atoms. The van der Waals surface area contributed by atoms with Gasteiger partial charge in [-0.2, -0.15) is 0 Å². The molecule has 0 fully saturated rings. The predicted molar refractivity (Wildman–Crippen MR) is 53.5 cm³/mol. The molecule has 0 aromatic heterocycles. The molecule has 3 heteroatoms. The van der Waals surface area contributed by atoms with Crippen molar-refractivity contribution in [1.82, 2.24) is 0 Å². The molecule has 0 saturated heterocycles. The lowest BCUT2D eigenvalue weighted by Gasteiger charge is -2.27. The third-order valence-corrected chi connectivity index (χ3v) is 1.77. The Hall–Kier alpha value is -0.150. The van der Waals surface area contributed by atoms with Crippen LogP contribution in [0.15, 0.2) is 0 Å². The van der Waals surface area contributed by atoms with Crippen molar-refractivity contribution in [2.45, 2.75) is 25.9 Å². The van der Waals surface area contributed by atoms with Gasteiger partial charge >= 0.3 is 0 Å². The molecule has 1 atom stereocenters. The van der Waals surface area contributed by atoms with E-state index in [9.17, 15) is 4.39 Å². The molecule has 13 heavy (non-hydrogen) atoms. The Morgan fingerprint density at radius 3 is 2.31 bits per heavy atom. The highest BCUT2D eigenvalue weighted by Gasteiger charge is 2.17. The van der Waals surface area contributed by atoms with E-state index >= 15 is 0 Å². The fourth-order valence-electron chi connectivity index (χ4n) is 1.15. The smallest absolute Gasteiger partial charge is 0.134 e. The molecule has 1 unspecified atom stereocenters. The van der Waals surface area contributed by atoms with Crippen molar-refractivity contribution < 1.29 is 13.6 Å². The van der Waals surface area contributed by atoms with Crippen LogP contribution in [-0.4, -0.2) is 51.6 Å². The van der Waals surface area contributed by atoms with Crippen LogP contribution in [0.4, 0.5) is 4.39 Å². The molecule has 0 aliphatic rings. The summed E-state index contributed by atoms with van der Waals surface area (Å²) in [6.07, 6.45) is 1.89. The topological polar surface area (TPSA) is 9.23 Å². The molecule has 0 aliphatic heterocycles. The summed E-state index contributed by atoms with van der Waals surface area (Å²) in [5, 5.41) is 0. The van der Waals surface area contributed by atoms with Crippen molar-refractivity contribution in [2.75, 3.05) is 41.0 Å². The number of ether oxygens (including phenoxy) is 1. The van der Waals surface area contributed by atoms with Gasteiger partial charge in [0, 0.05) is 6.61 Å². The number of likely N-dealkylation sites (N-methyl/N-ethyl adjacent to an activating group) is 1. The third kappa shape index (κ3) is 8.19. The number of quaternary nitrogens is 1. The van der Waals surface area contributed by atoms with Crippen LogP contribution in [0.25, 0.3) is 0 Å². The Kier molecular flexibility index (Phi) is 6.25. The van der Waals surface area contributed by atoms with Crippen LogP contribution < -0.4 is 0 Å². The number of unbranched alkanes of at least 4 members (excludes halogenated alkanes) is 1. The molecule has 0 bridgehead atoms. The summed E-state index contributed by atoms with van der Waals surface area (Å²) in [4.78, 5) is 0. The normalized spacial score (nSPS) is 14.5. The van der Waals surface area contributed by atoms with E-state index in [1.165, 1.54) is 0 Å². The summed E-state index contributed by atoms with van der Waals surface area (Å²) >= 11 is 0. The Morgan fingerprint density at radius 2 is 1.92 bits per heavy atom. The maximum Gasteiger partial charge on any atom is 0.134 e. The van der Waals surface area contributed by atoms with Gasteiger partial charge in [0.1, 0.15) is 19.3 Å². The van der Waals surface area contributed by atoms with Gasteiger partial charge in [-0.05, 0) is 6.42 Å². The summed E-state index contributed by atoms with van der Waals surface area (Å²) in [7, 11) is 6.14. The van der Waals surface area contributed by atoms with Gasteiger partial charge in [-0.15, -0.1) is 0 Å². The molecule has 0 saturated carbocycles. The van der Waals surface area contributed by atoms with E-state index < -0.39 is 0 Å². The molecule has 0 rings (SSSR count). The van der Waals surface area contributed by atoms with Crippen LogP contribution in [0, 0.1) is 0 Å². The van der Waals surface area contributed by atoms with Crippen molar-refractivity contribution in [3.8, 4) is 0 Å². The van der Waals surface area contributed by atoms with Crippen LogP contribution >= 0.6 is 0 Å². The largest absolute Gasteiger partial charge is 0.370 e. The SMILES string of the molecule is CCCCOC(CF)C[N+](C)(C)C. The lowest BCUT2D eigenvalue weighted by Crippen LogP contribution is -2.43. The average molecular weight is 192 g/mol. The molecule has 0 N–H and O–H groups in total. The fraction of sp³-hybridized carbons (Fsp3) is 1.00. The zero-order valence-corrected chi connectivity index (χ0v) is 9.35. The van der Waals surface area contributed by atoms with E-state index in [1.54, 1.807) is 0 Å². The number of hydrogen-bond acceptors (Lipinski definition) is 1. The number of nitrogens with zero attached hydrogens (tertiary/aromatic N) is 1. The molecule has 0 radical (unpaired) electrons. The standard InChI is InChI=1S/C10H23FNO/c1-5-6-7-13-10(8-11)9-12(2,3)4/h10H,5-9H2,1-4H3/q+1. The molecular formula is C10H23FNO+. The van der Waals surface area contributed by atoms with Gasteiger partial charge in [0.25, 0.3) is 0 Å². The lowest BCUT2D eigenvalue weighted by molar-refractivity contribution is -0.873. The van der Waals surface area contributed by atoms with E-state index in [1.807, 2.05) is 21.1 Å². The van der Waals surface area contributed by atoms with Gasteiger partial charge in [0.15, 0.2) is 0 Å². The highest BCUT2D eigenvalue weighted by molar-refractivity contribution is 4.53. The zero-order chi connectivity index (χ0) is 10.3. The Morgan fingerprint density at radius 1 is 1.31 bits per heavy atom. The van der Waals surface area contributed by atoms with Gasteiger partial charge < -0.3 is 9.22 Å². The first kappa shape index (κ1) is 12.8. The Bertz CT molecular complexity index is 123. The van der Waals surface area contributed by atoms with Crippen LogP contribution in [0.5, 0.6) is 0 Å².